The lowest BCUT2D eigenvalue weighted by Crippen LogP contribution is -1.86. The summed E-state index contributed by atoms with van der Waals surface area (Å²) < 4.78 is 5.51. The molecule has 2 heteroatoms. The summed E-state index contributed by atoms with van der Waals surface area (Å²) in [6, 6.07) is 4.35. The van der Waals surface area contributed by atoms with Crippen LogP contribution in [-0.4, -0.2) is 12.4 Å². The third-order valence-electron chi connectivity index (χ3n) is 2.53. The van der Waals surface area contributed by atoms with E-state index in [4.69, 9.17) is 4.74 Å². The molecular weight excluding hydrogens is 168 g/mol. The fourth-order valence-electron chi connectivity index (χ4n) is 1.93. The Kier molecular flexibility index (Phi) is 1.38. The van der Waals surface area contributed by atoms with Crippen molar-refractivity contribution in [2.24, 2.45) is 0 Å². The standard InChI is InChI=1S/C10H10OS/c1-2-9-8(3-5-11-9)10-7(1)4-6-12-10/h1-2H,3-6H2. The molecule has 0 atom stereocenters. The largest absolute Gasteiger partial charge is 0.493 e. The second-order valence-corrected chi connectivity index (χ2v) is 4.33. The van der Waals surface area contributed by atoms with Gasteiger partial charge in [-0.1, -0.05) is 6.07 Å². The lowest BCUT2D eigenvalue weighted by molar-refractivity contribution is 0.357. The van der Waals surface area contributed by atoms with Crippen LogP contribution in [0.3, 0.4) is 0 Å². The van der Waals surface area contributed by atoms with Crippen molar-refractivity contribution in [2.45, 2.75) is 17.7 Å². The SMILES string of the molecule is c1cc2c(c3c1CCS3)CCO2. The molecule has 0 aromatic heterocycles. The van der Waals surface area contributed by atoms with Gasteiger partial charge in [-0.3, -0.25) is 0 Å². The molecule has 1 nitrogen and oxygen atoms in total. The molecule has 0 spiro atoms. The monoisotopic (exact) mass is 178 g/mol. The third kappa shape index (κ3) is 0.816. The van der Waals surface area contributed by atoms with E-state index in [1.807, 2.05) is 11.8 Å². The highest BCUT2D eigenvalue weighted by atomic mass is 32.2. The number of thioether (sulfide) groups is 1. The van der Waals surface area contributed by atoms with Gasteiger partial charge < -0.3 is 4.74 Å². The Balaban J connectivity index is 2.24. The first kappa shape index (κ1) is 6.84. The first-order valence-corrected chi connectivity index (χ1v) is 5.34. The van der Waals surface area contributed by atoms with E-state index in [1.165, 1.54) is 28.2 Å². The van der Waals surface area contributed by atoms with E-state index in [9.17, 15) is 0 Å². The predicted octanol–water partition coefficient (Wildman–Crippen LogP) is 2.27. The van der Waals surface area contributed by atoms with Crippen molar-refractivity contribution in [1.82, 2.24) is 0 Å². The van der Waals surface area contributed by atoms with Crippen molar-refractivity contribution in [1.29, 1.82) is 0 Å². The first-order valence-electron chi connectivity index (χ1n) is 4.35. The van der Waals surface area contributed by atoms with Crippen LogP contribution in [0, 0.1) is 0 Å². The Morgan fingerprint density at radius 1 is 1.25 bits per heavy atom. The van der Waals surface area contributed by atoms with E-state index in [1.54, 1.807) is 0 Å². The van der Waals surface area contributed by atoms with Gasteiger partial charge in [-0.15, -0.1) is 11.8 Å². The summed E-state index contributed by atoms with van der Waals surface area (Å²) in [6.07, 6.45) is 2.36. The highest BCUT2D eigenvalue weighted by Crippen LogP contribution is 2.41. The maximum Gasteiger partial charge on any atom is 0.123 e. The summed E-state index contributed by atoms with van der Waals surface area (Å²) in [7, 11) is 0. The van der Waals surface area contributed by atoms with Crippen LogP contribution in [0.5, 0.6) is 5.75 Å². The van der Waals surface area contributed by atoms with Crippen LogP contribution < -0.4 is 4.74 Å². The van der Waals surface area contributed by atoms with E-state index in [0.717, 1.165) is 18.8 Å². The highest BCUT2D eigenvalue weighted by molar-refractivity contribution is 7.99. The summed E-state index contributed by atoms with van der Waals surface area (Å²) in [5, 5.41) is 0. The number of ether oxygens (including phenoxy) is 1. The molecule has 2 heterocycles. The number of rotatable bonds is 0. The molecule has 0 amide bonds. The Labute approximate surface area is 76.1 Å². The van der Waals surface area contributed by atoms with Gasteiger partial charge in [0.05, 0.1) is 6.61 Å². The highest BCUT2D eigenvalue weighted by Gasteiger charge is 2.22. The van der Waals surface area contributed by atoms with Crippen molar-refractivity contribution in [3.05, 3.63) is 23.3 Å². The Morgan fingerprint density at radius 2 is 2.25 bits per heavy atom. The van der Waals surface area contributed by atoms with Crippen LogP contribution >= 0.6 is 11.8 Å². The average molecular weight is 178 g/mol. The maximum absolute atomic E-state index is 5.51. The normalized spacial score (nSPS) is 18.7. The van der Waals surface area contributed by atoms with Crippen molar-refractivity contribution < 1.29 is 4.74 Å². The summed E-state index contributed by atoms with van der Waals surface area (Å²) in [6.45, 7) is 0.881. The third-order valence-corrected chi connectivity index (χ3v) is 3.73. The fourth-order valence-corrected chi connectivity index (χ4v) is 3.19. The van der Waals surface area contributed by atoms with Gasteiger partial charge in [-0.2, -0.15) is 0 Å². The van der Waals surface area contributed by atoms with E-state index in [2.05, 4.69) is 12.1 Å². The predicted molar refractivity (Wildman–Crippen MR) is 50.1 cm³/mol. The molecule has 0 N–H and O–H groups in total. The molecule has 3 rings (SSSR count). The van der Waals surface area contributed by atoms with Gasteiger partial charge in [0, 0.05) is 22.6 Å². The van der Waals surface area contributed by atoms with Gasteiger partial charge in [-0.25, -0.2) is 0 Å². The minimum Gasteiger partial charge on any atom is -0.493 e. The van der Waals surface area contributed by atoms with Gasteiger partial charge in [0.25, 0.3) is 0 Å². The molecule has 1 aromatic rings. The number of aryl methyl sites for hydroxylation is 1. The van der Waals surface area contributed by atoms with Crippen LogP contribution in [0.1, 0.15) is 11.1 Å². The van der Waals surface area contributed by atoms with Crippen LogP contribution in [-0.2, 0) is 12.8 Å². The minimum absolute atomic E-state index is 0.881. The van der Waals surface area contributed by atoms with Gasteiger partial charge in [0.2, 0.25) is 0 Å². The maximum atomic E-state index is 5.51. The number of benzene rings is 1. The topological polar surface area (TPSA) is 9.23 Å². The Bertz CT molecular complexity index is 300. The van der Waals surface area contributed by atoms with Crippen molar-refractivity contribution >= 4 is 11.8 Å². The summed E-state index contributed by atoms with van der Waals surface area (Å²) in [5.41, 5.74) is 3.00. The van der Waals surface area contributed by atoms with Crippen molar-refractivity contribution in [3.63, 3.8) is 0 Å². The molecule has 0 fully saturated rings. The van der Waals surface area contributed by atoms with Gasteiger partial charge >= 0.3 is 0 Å². The molecule has 0 radical (unpaired) electrons. The second kappa shape index (κ2) is 2.43. The van der Waals surface area contributed by atoms with Gasteiger partial charge in [0.15, 0.2) is 0 Å². The van der Waals surface area contributed by atoms with Gasteiger partial charge in [-0.05, 0) is 18.1 Å². The van der Waals surface area contributed by atoms with Crippen LogP contribution in [0.25, 0.3) is 0 Å². The lowest BCUT2D eigenvalue weighted by Gasteiger charge is -2.03. The number of hydrogen-bond acceptors (Lipinski definition) is 2. The zero-order valence-electron chi connectivity index (χ0n) is 6.80. The Morgan fingerprint density at radius 3 is 3.25 bits per heavy atom. The molecule has 2 aliphatic heterocycles. The summed E-state index contributed by atoms with van der Waals surface area (Å²) in [4.78, 5) is 1.52. The molecule has 0 aliphatic carbocycles. The molecule has 1 aromatic carbocycles. The molecule has 0 saturated carbocycles. The average Bonchev–Trinajstić information content (AvgIpc) is 2.71. The summed E-state index contributed by atoms with van der Waals surface area (Å²) >= 11 is 1.99. The fraction of sp³-hybridized carbons (Fsp3) is 0.400. The van der Waals surface area contributed by atoms with E-state index in [0.29, 0.717) is 0 Å². The number of fused-ring (bicyclic) bond motifs is 3. The van der Waals surface area contributed by atoms with Crippen LogP contribution in [0.15, 0.2) is 17.0 Å². The minimum atomic E-state index is 0.881. The zero-order valence-corrected chi connectivity index (χ0v) is 7.62. The van der Waals surface area contributed by atoms with Crippen LogP contribution in [0.2, 0.25) is 0 Å². The molecular formula is C10H10OS. The molecule has 2 aliphatic rings. The summed E-state index contributed by atoms with van der Waals surface area (Å²) in [5.74, 6) is 2.38. The quantitative estimate of drug-likeness (QED) is 0.602. The number of hydrogen-bond donors (Lipinski definition) is 0. The molecule has 62 valence electrons. The molecule has 12 heavy (non-hydrogen) atoms. The molecule has 0 saturated heterocycles. The van der Waals surface area contributed by atoms with Crippen molar-refractivity contribution in [2.75, 3.05) is 12.4 Å². The van der Waals surface area contributed by atoms with Crippen LogP contribution in [0.4, 0.5) is 0 Å². The lowest BCUT2D eigenvalue weighted by atomic mass is 10.1. The second-order valence-electron chi connectivity index (χ2n) is 3.23. The van der Waals surface area contributed by atoms with E-state index in [-0.39, 0.29) is 0 Å². The molecule has 0 unspecified atom stereocenters. The van der Waals surface area contributed by atoms with E-state index >= 15 is 0 Å². The first-order chi connectivity index (χ1) is 5.95. The van der Waals surface area contributed by atoms with E-state index < -0.39 is 0 Å². The zero-order chi connectivity index (χ0) is 7.97. The van der Waals surface area contributed by atoms with Crippen molar-refractivity contribution in [3.8, 4) is 5.75 Å². The Hall–Kier alpha value is -0.630. The molecule has 0 bridgehead atoms. The smallest absolute Gasteiger partial charge is 0.123 e. The van der Waals surface area contributed by atoms with Gasteiger partial charge in [0.1, 0.15) is 5.75 Å².